The van der Waals surface area contributed by atoms with Crippen molar-refractivity contribution >= 4 is 29.2 Å². The van der Waals surface area contributed by atoms with Gasteiger partial charge in [-0.15, -0.1) is 0 Å². The molecule has 0 N–H and O–H groups in total. The number of nitrogens with zero attached hydrogens (tertiary/aromatic N) is 1. The number of ketones is 1. The SMILES string of the molecule is CCC(=O)c1cc(Cl)cn1Cl. The smallest absolute Gasteiger partial charge is 0.180 e. The van der Waals surface area contributed by atoms with E-state index in [0.717, 1.165) is 0 Å². The van der Waals surface area contributed by atoms with Crippen molar-refractivity contribution in [2.45, 2.75) is 13.3 Å². The van der Waals surface area contributed by atoms with Crippen LogP contribution in [-0.4, -0.2) is 9.87 Å². The summed E-state index contributed by atoms with van der Waals surface area (Å²) in [5.41, 5.74) is 0.444. The molecule has 1 aromatic heterocycles. The molecule has 0 radical (unpaired) electrons. The van der Waals surface area contributed by atoms with Crippen molar-refractivity contribution in [1.29, 1.82) is 0 Å². The molecule has 11 heavy (non-hydrogen) atoms. The Balaban J connectivity index is 3.03. The number of rotatable bonds is 2. The third-order valence-electron chi connectivity index (χ3n) is 1.35. The quantitative estimate of drug-likeness (QED) is 0.660. The fraction of sp³-hybridized carbons (Fsp3) is 0.286. The average Bonchev–Trinajstić information content (AvgIpc) is 2.28. The summed E-state index contributed by atoms with van der Waals surface area (Å²) in [6.07, 6.45) is 1.93. The molecule has 0 aliphatic rings. The summed E-state index contributed by atoms with van der Waals surface area (Å²) >= 11 is 11.2. The Bertz CT molecular complexity index is 280. The van der Waals surface area contributed by atoms with Gasteiger partial charge in [-0.2, -0.15) is 0 Å². The molecule has 0 atom stereocenters. The second-order valence-electron chi connectivity index (χ2n) is 2.13. The van der Waals surface area contributed by atoms with Gasteiger partial charge in [0.15, 0.2) is 5.78 Å². The number of Topliss-reactive ketones (excluding diaryl/α,β-unsaturated/α-hetero) is 1. The Hall–Kier alpha value is -0.470. The van der Waals surface area contributed by atoms with Crippen molar-refractivity contribution in [3.63, 3.8) is 0 Å². The van der Waals surface area contributed by atoms with E-state index >= 15 is 0 Å². The molecule has 0 unspecified atom stereocenters. The van der Waals surface area contributed by atoms with E-state index < -0.39 is 0 Å². The van der Waals surface area contributed by atoms with Crippen LogP contribution in [0.5, 0.6) is 0 Å². The first-order chi connectivity index (χ1) is 5.15. The molecule has 0 aliphatic carbocycles. The molecule has 0 aromatic carbocycles. The van der Waals surface area contributed by atoms with Crippen molar-refractivity contribution in [3.05, 3.63) is 23.0 Å². The molecule has 0 bridgehead atoms. The summed E-state index contributed by atoms with van der Waals surface area (Å²) in [5.74, 6) is -0.00750. The van der Waals surface area contributed by atoms with Crippen LogP contribution < -0.4 is 0 Å². The normalized spacial score (nSPS) is 10.1. The predicted octanol–water partition coefficient (Wildman–Crippen LogP) is 2.74. The molecule has 1 rings (SSSR count). The molecule has 1 aromatic rings. The summed E-state index contributed by atoms with van der Waals surface area (Å²) < 4.78 is 1.22. The number of halogens is 2. The minimum atomic E-state index is -0.00750. The van der Waals surface area contributed by atoms with E-state index in [2.05, 4.69) is 0 Å². The maximum atomic E-state index is 11.1. The third kappa shape index (κ3) is 1.76. The van der Waals surface area contributed by atoms with Gasteiger partial charge in [0.2, 0.25) is 0 Å². The Morgan fingerprint density at radius 2 is 2.36 bits per heavy atom. The highest BCUT2D eigenvalue weighted by Gasteiger charge is 2.09. The highest BCUT2D eigenvalue weighted by molar-refractivity contribution is 6.32. The molecule has 0 amide bonds. The van der Waals surface area contributed by atoms with Crippen LogP contribution in [0.15, 0.2) is 12.3 Å². The van der Waals surface area contributed by atoms with Crippen LogP contribution in [0.3, 0.4) is 0 Å². The fourth-order valence-electron chi connectivity index (χ4n) is 0.788. The number of hydrogen-bond donors (Lipinski definition) is 0. The molecule has 0 aliphatic heterocycles. The monoisotopic (exact) mass is 191 g/mol. The lowest BCUT2D eigenvalue weighted by atomic mass is 10.2. The van der Waals surface area contributed by atoms with Gasteiger partial charge in [-0.3, -0.25) is 8.88 Å². The Labute approximate surface area is 74.8 Å². The van der Waals surface area contributed by atoms with E-state index in [1.165, 1.54) is 10.3 Å². The maximum Gasteiger partial charge on any atom is 0.180 e. The molecule has 2 nitrogen and oxygen atoms in total. The fourth-order valence-corrected chi connectivity index (χ4v) is 1.29. The van der Waals surface area contributed by atoms with E-state index in [1.807, 2.05) is 0 Å². The van der Waals surface area contributed by atoms with Crippen molar-refractivity contribution < 1.29 is 4.79 Å². The summed E-state index contributed by atoms with van der Waals surface area (Å²) in [6.45, 7) is 1.78. The van der Waals surface area contributed by atoms with E-state index in [0.29, 0.717) is 17.1 Å². The van der Waals surface area contributed by atoms with E-state index in [1.54, 1.807) is 13.0 Å². The summed E-state index contributed by atoms with van der Waals surface area (Å²) in [7, 11) is 0. The zero-order chi connectivity index (χ0) is 8.43. The highest BCUT2D eigenvalue weighted by Crippen LogP contribution is 2.16. The van der Waals surface area contributed by atoms with Crippen molar-refractivity contribution in [2.75, 3.05) is 0 Å². The number of carbonyl (C=O) groups excluding carboxylic acids is 1. The minimum absolute atomic E-state index is 0.00750. The second kappa shape index (κ2) is 3.28. The minimum Gasteiger partial charge on any atom is -0.292 e. The Morgan fingerprint density at radius 3 is 2.73 bits per heavy atom. The average molecular weight is 192 g/mol. The first-order valence-electron chi connectivity index (χ1n) is 3.22. The topological polar surface area (TPSA) is 22.0 Å². The Kier molecular flexibility index (Phi) is 2.58. The van der Waals surface area contributed by atoms with Crippen molar-refractivity contribution in [3.8, 4) is 0 Å². The van der Waals surface area contributed by atoms with Crippen LogP contribution in [0.4, 0.5) is 0 Å². The lowest BCUT2D eigenvalue weighted by molar-refractivity contribution is 0.0983. The van der Waals surface area contributed by atoms with Crippen LogP contribution in [0.1, 0.15) is 23.8 Å². The van der Waals surface area contributed by atoms with Crippen molar-refractivity contribution in [1.82, 2.24) is 4.09 Å². The van der Waals surface area contributed by atoms with Crippen LogP contribution in [0.2, 0.25) is 5.02 Å². The standard InChI is InChI=1S/C7H7Cl2NO/c1-2-7(11)6-3-5(8)4-10(6)9/h3-4H,2H2,1H3. The molecule has 0 spiro atoms. The van der Waals surface area contributed by atoms with Gasteiger partial charge >= 0.3 is 0 Å². The van der Waals surface area contributed by atoms with Gasteiger partial charge in [0.05, 0.1) is 5.02 Å². The number of hydrogen-bond acceptors (Lipinski definition) is 1. The molecular formula is C7H7Cl2NO. The number of carbonyl (C=O) groups is 1. The predicted molar refractivity (Wildman–Crippen MR) is 45.3 cm³/mol. The highest BCUT2D eigenvalue weighted by atomic mass is 35.5. The van der Waals surface area contributed by atoms with E-state index in [-0.39, 0.29) is 5.78 Å². The van der Waals surface area contributed by atoms with Gasteiger partial charge in [-0.25, -0.2) is 0 Å². The van der Waals surface area contributed by atoms with Gasteiger partial charge in [0.1, 0.15) is 5.69 Å². The van der Waals surface area contributed by atoms with Gasteiger partial charge in [0.25, 0.3) is 0 Å². The van der Waals surface area contributed by atoms with Gasteiger partial charge in [0, 0.05) is 24.4 Å². The lowest BCUT2D eigenvalue weighted by Gasteiger charge is -1.94. The van der Waals surface area contributed by atoms with Gasteiger partial charge < -0.3 is 0 Å². The lowest BCUT2D eigenvalue weighted by Crippen LogP contribution is -1.99. The van der Waals surface area contributed by atoms with E-state index in [9.17, 15) is 4.79 Å². The largest absolute Gasteiger partial charge is 0.292 e. The van der Waals surface area contributed by atoms with Crippen molar-refractivity contribution in [2.24, 2.45) is 0 Å². The number of aromatic nitrogens is 1. The first-order valence-corrected chi connectivity index (χ1v) is 3.94. The zero-order valence-electron chi connectivity index (χ0n) is 5.97. The Morgan fingerprint density at radius 1 is 1.73 bits per heavy atom. The van der Waals surface area contributed by atoms with Crippen LogP contribution in [-0.2, 0) is 0 Å². The molecular weight excluding hydrogens is 185 g/mol. The summed E-state index contributed by atoms with van der Waals surface area (Å²) in [6, 6.07) is 1.56. The maximum absolute atomic E-state index is 11.1. The molecule has 0 fully saturated rings. The molecule has 0 saturated heterocycles. The zero-order valence-corrected chi connectivity index (χ0v) is 7.49. The summed E-state index contributed by atoms with van der Waals surface area (Å²) in [4.78, 5) is 11.1. The third-order valence-corrected chi connectivity index (χ3v) is 1.83. The molecule has 1 heterocycles. The van der Waals surface area contributed by atoms with Gasteiger partial charge in [-0.1, -0.05) is 18.5 Å². The molecule has 4 heteroatoms. The van der Waals surface area contributed by atoms with Crippen LogP contribution in [0.25, 0.3) is 0 Å². The van der Waals surface area contributed by atoms with E-state index in [4.69, 9.17) is 23.4 Å². The summed E-state index contributed by atoms with van der Waals surface area (Å²) in [5, 5.41) is 0.483. The molecule has 0 saturated carbocycles. The molecule has 60 valence electrons. The van der Waals surface area contributed by atoms with Crippen LogP contribution >= 0.6 is 23.4 Å². The van der Waals surface area contributed by atoms with Gasteiger partial charge in [-0.05, 0) is 6.07 Å². The van der Waals surface area contributed by atoms with Crippen LogP contribution in [0, 0.1) is 0 Å². The first kappa shape index (κ1) is 8.62. The second-order valence-corrected chi connectivity index (χ2v) is 2.93.